The Balaban J connectivity index is 2.43. The number of hydrogen-bond donors (Lipinski definition) is 2. The molecule has 4 nitrogen and oxygen atoms in total. The molecule has 0 radical (unpaired) electrons. The Labute approximate surface area is 78.4 Å². The van der Waals surface area contributed by atoms with E-state index >= 15 is 0 Å². The summed E-state index contributed by atoms with van der Waals surface area (Å²) in [6.07, 6.45) is 3.54. The Morgan fingerprint density at radius 1 is 1.46 bits per heavy atom. The molecule has 0 amide bonds. The number of nitrogens with zero attached hydrogens (tertiary/aromatic N) is 1. The normalized spacial score (nSPS) is 17.8. The van der Waals surface area contributed by atoms with Gasteiger partial charge < -0.3 is 10.1 Å². The summed E-state index contributed by atoms with van der Waals surface area (Å²) >= 11 is 0. The average molecular weight is 199 g/mol. The third-order valence-corrected chi connectivity index (χ3v) is 4.62. The highest BCUT2D eigenvalue weighted by atomic mass is 32.2. The molecule has 1 aliphatic rings. The Bertz CT molecular complexity index is 357. The molecule has 1 aliphatic heterocycles. The monoisotopic (exact) mass is 199 g/mol. The van der Waals surface area contributed by atoms with Crippen molar-refractivity contribution in [3.8, 4) is 5.88 Å². The zero-order valence-electron chi connectivity index (χ0n) is 7.12. The maximum atomic E-state index is 11.4. The van der Waals surface area contributed by atoms with Gasteiger partial charge in [-0.2, -0.15) is 4.98 Å². The van der Waals surface area contributed by atoms with Gasteiger partial charge in [-0.1, -0.05) is 0 Å². The van der Waals surface area contributed by atoms with Crippen molar-refractivity contribution in [2.75, 3.05) is 11.5 Å². The van der Waals surface area contributed by atoms with Crippen LogP contribution in [0.15, 0.2) is 16.0 Å². The number of nitrogens with one attached hydrogen (secondary N) is 1. The summed E-state index contributed by atoms with van der Waals surface area (Å²) in [6, 6.07) is 0. The van der Waals surface area contributed by atoms with Crippen LogP contribution in [0.1, 0.15) is 12.8 Å². The topological polar surface area (TPSA) is 66.0 Å². The molecule has 70 valence electrons. The van der Waals surface area contributed by atoms with E-state index in [1.54, 1.807) is 0 Å². The standard InChI is InChI=1S/C8H10N2O2S/c11-7-6(8(12)10-5-9-7)13-3-1-2-4-13/h5H,1-4H2,(H-,9,10,11,12)/p+1. The van der Waals surface area contributed by atoms with Gasteiger partial charge in [-0.3, -0.25) is 4.79 Å². The van der Waals surface area contributed by atoms with E-state index in [0.717, 1.165) is 24.3 Å². The first-order valence-electron chi connectivity index (χ1n) is 4.23. The predicted molar refractivity (Wildman–Crippen MR) is 51.1 cm³/mol. The maximum Gasteiger partial charge on any atom is 0.310 e. The van der Waals surface area contributed by atoms with E-state index in [1.807, 2.05) is 0 Å². The summed E-state index contributed by atoms with van der Waals surface area (Å²) in [5.74, 6) is 1.94. The number of aromatic nitrogens is 2. The molecule has 0 bridgehead atoms. The Morgan fingerprint density at radius 2 is 2.15 bits per heavy atom. The van der Waals surface area contributed by atoms with E-state index < -0.39 is 0 Å². The van der Waals surface area contributed by atoms with Crippen molar-refractivity contribution in [3.63, 3.8) is 0 Å². The highest BCUT2D eigenvalue weighted by molar-refractivity contribution is 7.97. The highest BCUT2D eigenvalue weighted by Gasteiger charge is 2.33. The fraction of sp³-hybridized carbons (Fsp3) is 0.500. The molecular weight excluding hydrogens is 188 g/mol. The molecular formula is C8H11N2O2S+. The zero-order chi connectivity index (χ0) is 9.26. The first-order chi connectivity index (χ1) is 6.29. The molecule has 2 rings (SSSR count). The van der Waals surface area contributed by atoms with E-state index in [2.05, 4.69) is 9.97 Å². The molecule has 1 fully saturated rings. The summed E-state index contributed by atoms with van der Waals surface area (Å²) in [4.78, 5) is 18.1. The molecule has 0 unspecified atom stereocenters. The van der Waals surface area contributed by atoms with Crippen molar-refractivity contribution in [1.29, 1.82) is 0 Å². The number of aromatic amines is 1. The van der Waals surface area contributed by atoms with Crippen LogP contribution in [0, 0.1) is 0 Å². The lowest BCUT2D eigenvalue weighted by Crippen LogP contribution is -2.19. The summed E-state index contributed by atoms with van der Waals surface area (Å²) in [6.45, 7) is 0. The molecule has 0 aliphatic carbocycles. The Hall–Kier alpha value is -0.970. The largest absolute Gasteiger partial charge is 0.490 e. The van der Waals surface area contributed by atoms with Gasteiger partial charge in [0.2, 0.25) is 0 Å². The van der Waals surface area contributed by atoms with Gasteiger partial charge in [0.05, 0.1) is 6.33 Å². The lowest BCUT2D eigenvalue weighted by atomic mass is 10.4. The molecule has 1 aromatic rings. The fourth-order valence-corrected chi connectivity index (χ4v) is 3.85. The quantitative estimate of drug-likeness (QED) is 0.637. The summed E-state index contributed by atoms with van der Waals surface area (Å²) in [5, 5.41) is 9.43. The van der Waals surface area contributed by atoms with Gasteiger partial charge in [0, 0.05) is 10.9 Å². The minimum Gasteiger partial charge on any atom is -0.490 e. The summed E-state index contributed by atoms with van der Waals surface area (Å²) in [7, 11) is -0.0701. The van der Waals surface area contributed by atoms with Crippen LogP contribution in [0.3, 0.4) is 0 Å². The lowest BCUT2D eigenvalue weighted by molar-refractivity contribution is 0.435. The molecule has 0 saturated carbocycles. The second-order valence-electron chi connectivity index (χ2n) is 2.99. The van der Waals surface area contributed by atoms with Crippen LogP contribution >= 0.6 is 0 Å². The van der Waals surface area contributed by atoms with E-state index in [1.165, 1.54) is 6.33 Å². The average Bonchev–Trinajstić information content (AvgIpc) is 2.57. The van der Waals surface area contributed by atoms with Gasteiger partial charge in [-0.25, -0.2) is 0 Å². The third-order valence-electron chi connectivity index (χ3n) is 2.11. The molecule has 1 saturated heterocycles. The van der Waals surface area contributed by atoms with Crippen LogP contribution in [0.4, 0.5) is 0 Å². The molecule has 2 N–H and O–H groups in total. The molecule has 1 aromatic heterocycles. The molecule has 2 heterocycles. The Morgan fingerprint density at radius 3 is 2.77 bits per heavy atom. The fourth-order valence-electron chi connectivity index (χ4n) is 1.50. The molecule has 13 heavy (non-hydrogen) atoms. The molecule has 0 spiro atoms. The van der Waals surface area contributed by atoms with Crippen molar-refractivity contribution in [2.24, 2.45) is 0 Å². The SMILES string of the molecule is O=c1[nH]cnc(O)c1[S+]1CCCC1. The van der Waals surface area contributed by atoms with Crippen molar-refractivity contribution in [1.82, 2.24) is 9.97 Å². The molecule has 5 heteroatoms. The van der Waals surface area contributed by atoms with Gasteiger partial charge in [0.1, 0.15) is 11.5 Å². The summed E-state index contributed by atoms with van der Waals surface area (Å²) in [5.41, 5.74) is -0.183. The first kappa shape index (κ1) is 8.62. The van der Waals surface area contributed by atoms with Crippen LogP contribution in [-0.4, -0.2) is 26.6 Å². The van der Waals surface area contributed by atoms with E-state index in [-0.39, 0.29) is 22.3 Å². The number of H-pyrrole nitrogens is 1. The van der Waals surface area contributed by atoms with Crippen molar-refractivity contribution in [2.45, 2.75) is 17.7 Å². The third kappa shape index (κ3) is 1.56. The van der Waals surface area contributed by atoms with Gasteiger partial charge in [0.25, 0.3) is 10.8 Å². The van der Waals surface area contributed by atoms with Crippen molar-refractivity contribution in [3.05, 3.63) is 16.7 Å². The number of hydrogen-bond acceptors (Lipinski definition) is 3. The van der Waals surface area contributed by atoms with Crippen molar-refractivity contribution < 1.29 is 5.11 Å². The van der Waals surface area contributed by atoms with E-state index in [9.17, 15) is 9.90 Å². The van der Waals surface area contributed by atoms with Crippen LogP contribution < -0.4 is 5.56 Å². The minimum atomic E-state index is -0.183. The van der Waals surface area contributed by atoms with E-state index in [0.29, 0.717) is 4.90 Å². The van der Waals surface area contributed by atoms with Crippen LogP contribution in [0.25, 0.3) is 0 Å². The van der Waals surface area contributed by atoms with Crippen molar-refractivity contribution >= 4 is 10.9 Å². The second kappa shape index (κ2) is 3.41. The van der Waals surface area contributed by atoms with Gasteiger partial charge in [0.15, 0.2) is 0 Å². The maximum absolute atomic E-state index is 11.4. The van der Waals surface area contributed by atoms with Gasteiger partial charge >= 0.3 is 5.56 Å². The predicted octanol–water partition coefficient (Wildman–Crippen LogP) is 0.246. The van der Waals surface area contributed by atoms with Crippen LogP contribution in [0.5, 0.6) is 5.88 Å². The highest BCUT2D eigenvalue weighted by Crippen LogP contribution is 2.24. The second-order valence-corrected chi connectivity index (χ2v) is 5.20. The van der Waals surface area contributed by atoms with Gasteiger partial charge in [-0.05, 0) is 12.8 Å². The molecule has 0 aromatic carbocycles. The summed E-state index contributed by atoms with van der Waals surface area (Å²) < 4.78 is 0. The first-order valence-corrected chi connectivity index (χ1v) is 5.79. The minimum absolute atomic E-state index is 0.0701. The van der Waals surface area contributed by atoms with E-state index in [4.69, 9.17) is 0 Å². The Kier molecular flexibility index (Phi) is 2.26. The smallest absolute Gasteiger partial charge is 0.310 e. The molecule has 0 atom stereocenters. The van der Waals surface area contributed by atoms with Gasteiger partial charge in [-0.15, -0.1) is 0 Å². The van der Waals surface area contributed by atoms with Crippen LogP contribution in [-0.2, 0) is 10.9 Å². The number of rotatable bonds is 1. The lowest BCUT2D eigenvalue weighted by Gasteiger charge is -1.99. The number of aromatic hydroxyl groups is 1. The zero-order valence-corrected chi connectivity index (χ0v) is 7.93. The van der Waals surface area contributed by atoms with Crippen LogP contribution in [0.2, 0.25) is 0 Å².